The first-order valence-corrected chi connectivity index (χ1v) is 12.1. The van der Waals surface area contributed by atoms with E-state index in [1.54, 1.807) is 5.01 Å². The molecule has 0 spiro atoms. The molecule has 0 fully saturated rings. The van der Waals surface area contributed by atoms with Crippen molar-refractivity contribution in [2.24, 2.45) is 0 Å². The lowest BCUT2D eigenvalue weighted by Crippen LogP contribution is -2.41. The summed E-state index contributed by atoms with van der Waals surface area (Å²) in [6, 6.07) is 13.4. The standard InChI is InChI=1S/C27H34N6O2/c1-6-17-9-8-10-18(7-2)23(17)28-26(35)32-33-15-21-22(16-33)30-31-24(21)29-25(34)19-11-13-20(14-12-19)27(3,4)5/h8-14H,6-7,15-16H2,1-5H3,(H2,28,32,35)(H2,29,30,31,34). The summed E-state index contributed by atoms with van der Waals surface area (Å²) in [6.07, 6.45) is 1.68. The van der Waals surface area contributed by atoms with Crippen molar-refractivity contribution in [3.63, 3.8) is 0 Å². The van der Waals surface area contributed by atoms with Crippen LogP contribution >= 0.6 is 0 Å². The molecule has 8 heteroatoms. The number of amides is 3. The molecule has 2 aromatic carbocycles. The highest BCUT2D eigenvalue weighted by atomic mass is 16.2. The van der Waals surface area contributed by atoms with Crippen LogP contribution in [0.2, 0.25) is 0 Å². The third kappa shape index (κ3) is 5.38. The van der Waals surface area contributed by atoms with Gasteiger partial charge in [0.15, 0.2) is 5.82 Å². The summed E-state index contributed by atoms with van der Waals surface area (Å²) in [6.45, 7) is 11.5. The first-order valence-electron chi connectivity index (χ1n) is 12.1. The predicted molar refractivity (Wildman–Crippen MR) is 138 cm³/mol. The first-order chi connectivity index (χ1) is 16.7. The van der Waals surface area contributed by atoms with Gasteiger partial charge in [0.05, 0.1) is 12.2 Å². The van der Waals surface area contributed by atoms with Gasteiger partial charge in [-0.3, -0.25) is 15.3 Å². The molecular weight excluding hydrogens is 440 g/mol. The molecule has 184 valence electrons. The van der Waals surface area contributed by atoms with Crippen LogP contribution in [-0.2, 0) is 31.3 Å². The van der Waals surface area contributed by atoms with Gasteiger partial charge in [0.2, 0.25) is 0 Å². The average molecular weight is 475 g/mol. The number of hydrogen-bond donors (Lipinski definition) is 4. The maximum Gasteiger partial charge on any atom is 0.333 e. The number of aryl methyl sites for hydroxylation is 2. The highest BCUT2D eigenvalue weighted by molar-refractivity contribution is 6.04. The SMILES string of the molecule is CCc1cccc(CC)c1NC(=O)NN1Cc2[nH]nc(NC(=O)c3ccc(C(C)(C)C)cc3)c2C1. The maximum atomic E-state index is 12.8. The quantitative estimate of drug-likeness (QED) is 0.397. The number of aromatic nitrogens is 2. The van der Waals surface area contributed by atoms with Crippen LogP contribution in [0.15, 0.2) is 42.5 Å². The Kier molecular flexibility index (Phi) is 6.93. The molecule has 0 unspecified atom stereocenters. The molecular formula is C27H34N6O2. The van der Waals surface area contributed by atoms with E-state index in [9.17, 15) is 9.59 Å². The third-order valence-corrected chi connectivity index (χ3v) is 6.39. The number of benzene rings is 2. The van der Waals surface area contributed by atoms with E-state index in [2.05, 4.69) is 60.9 Å². The van der Waals surface area contributed by atoms with Crippen LogP contribution in [0.3, 0.4) is 0 Å². The van der Waals surface area contributed by atoms with Gasteiger partial charge in [-0.2, -0.15) is 5.10 Å². The Labute approximate surface area is 206 Å². The summed E-state index contributed by atoms with van der Waals surface area (Å²) in [4.78, 5) is 25.6. The average Bonchev–Trinajstić information content (AvgIpc) is 3.39. The molecule has 2 heterocycles. The second kappa shape index (κ2) is 9.92. The van der Waals surface area contributed by atoms with Gasteiger partial charge in [0.25, 0.3) is 5.91 Å². The molecule has 1 aromatic heterocycles. The van der Waals surface area contributed by atoms with Gasteiger partial charge in [-0.25, -0.2) is 9.80 Å². The fraction of sp³-hybridized carbons (Fsp3) is 0.370. The van der Waals surface area contributed by atoms with Crippen LogP contribution in [0.4, 0.5) is 16.3 Å². The normalized spacial score (nSPS) is 13.4. The lowest BCUT2D eigenvalue weighted by molar-refractivity contribution is 0.102. The summed E-state index contributed by atoms with van der Waals surface area (Å²) in [5.74, 6) is 0.270. The number of H-pyrrole nitrogens is 1. The van der Waals surface area contributed by atoms with E-state index in [1.165, 1.54) is 5.56 Å². The van der Waals surface area contributed by atoms with Crippen molar-refractivity contribution in [3.05, 3.63) is 76.0 Å². The van der Waals surface area contributed by atoms with Crippen LogP contribution in [0.5, 0.6) is 0 Å². The van der Waals surface area contributed by atoms with E-state index in [0.29, 0.717) is 24.5 Å². The largest absolute Gasteiger partial charge is 0.333 e. The molecule has 0 saturated carbocycles. The second-order valence-electron chi connectivity index (χ2n) is 9.89. The number of nitrogens with zero attached hydrogens (tertiary/aromatic N) is 2. The summed E-state index contributed by atoms with van der Waals surface area (Å²) in [7, 11) is 0. The third-order valence-electron chi connectivity index (χ3n) is 6.39. The van der Waals surface area contributed by atoms with E-state index in [-0.39, 0.29) is 17.4 Å². The van der Waals surface area contributed by atoms with E-state index < -0.39 is 0 Å². The summed E-state index contributed by atoms with van der Waals surface area (Å²) in [5, 5.41) is 15.0. The zero-order chi connectivity index (χ0) is 25.2. The topological polar surface area (TPSA) is 102 Å². The number of carbonyl (C=O) groups is 2. The minimum Gasteiger partial charge on any atom is -0.306 e. The van der Waals surface area contributed by atoms with Crippen LogP contribution in [0.25, 0.3) is 0 Å². The lowest BCUT2D eigenvalue weighted by Gasteiger charge is -2.20. The Bertz CT molecular complexity index is 1200. The molecule has 4 N–H and O–H groups in total. The number of nitrogens with one attached hydrogen (secondary N) is 4. The highest BCUT2D eigenvalue weighted by Crippen LogP contribution is 2.27. The molecule has 3 aromatic rings. The minimum absolute atomic E-state index is 0.0253. The Morgan fingerprint density at radius 1 is 0.971 bits per heavy atom. The van der Waals surface area contributed by atoms with Gasteiger partial charge in [-0.15, -0.1) is 0 Å². The molecule has 0 radical (unpaired) electrons. The number of aromatic amines is 1. The second-order valence-corrected chi connectivity index (χ2v) is 9.89. The van der Waals surface area contributed by atoms with Gasteiger partial charge in [-0.1, -0.05) is 65.0 Å². The van der Waals surface area contributed by atoms with Gasteiger partial charge >= 0.3 is 6.03 Å². The van der Waals surface area contributed by atoms with Crippen molar-refractivity contribution in [2.45, 2.75) is 66.0 Å². The number of hydrogen-bond acceptors (Lipinski definition) is 4. The van der Waals surface area contributed by atoms with E-state index in [4.69, 9.17) is 0 Å². The molecule has 0 bridgehead atoms. The number of hydrazine groups is 1. The van der Waals surface area contributed by atoms with Crippen molar-refractivity contribution >= 4 is 23.4 Å². The number of carbonyl (C=O) groups excluding carboxylic acids is 2. The Morgan fingerprint density at radius 2 is 1.63 bits per heavy atom. The smallest absolute Gasteiger partial charge is 0.306 e. The number of urea groups is 1. The molecule has 8 nitrogen and oxygen atoms in total. The van der Waals surface area contributed by atoms with Crippen LogP contribution in [0.1, 0.15) is 72.9 Å². The Balaban J connectivity index is 1.38. The Hall–Kier alpha value is -3.65. The summed E-state index contributed by atoms with van der Waals surface area (Å²) >= 11 is 0. The van der Waals surface area contributed by atoms with E-state index in [1.807, 2.05) is 42.5 Å². The number of para-hydroxylation sites is 1. The molecule has 4 rings (SSSR count). The van der Waals surface area contributed by atoms with Crippen molar-refractivity contribution in [2.75, 3.05) is 10.6 Å². The number of rotatable bonds is 6. The molecule has 1 aliphatic rings. The maximum absolute atomic E-state index is 12.8. The number of anilines is 2. The van der Waals surface area contributed by atoms with Gasteiger partial charge in [0, 0.05) is 23.4 Å². The van der Waals surface area contributed by atoms with Gasteiger partial charge < -0.3 is 10.6 Å². The molecule has 1 aliphatic heterocycles. The first kappa shape index (κ1) is 24.5. The van der Waals surface area contributed by atoms with Crippen molar-refractivity contribution in [3.8, 4) is 0 Å². The molecule has 0 aliphatic carbocycles. The van der Waals surface area contributed by atoms with E-state index >= 15 is 0 Å². The summed E-state index contributed by atoms with van der Waals surface area (Å²) < 4.78 is 0. The summed E-state index contributed by atoms with van der Waals surface area (Å²) in [5.41, 5.74) is 9.51. The van der Waals surface area contributed by atoms with Crippen molar-refractivity contribution < 1.29 is 9.59 Å². The van der Waals surface area contributed by atoms with Gasteiger partial charge in [0.1, 0.15) is 0 Å². The van der Waals surface area contributed by atoms with Crippen molar-refractivity contribution in [1.82, 2.24) is 20.6 Å². The molecule has 0 atom stereocenters. The highest BCUT2D eigenvalue weighted by Gasteiger charge is 2.27. The molecule has 35 heavy (non-hydrogen) atoms. The lowest BCUT2D eigenvalue weighted by atomic mass is 9.87. The monoisotopic (exact) mass is 474 g/mol. The fourth-order valence-corrected chi connectivity index (χ4v) is 4.31. The van der Waals surface area contributed by atoms with Crippen LogP contribution in [0, 0.1) is 0 Å². The Morgan fingerprint density at radius 3 is 2.23 bits per heavy atom. The van der Waals surface area contributed by atoms with E-state index in [0.717, 1.165) is 40.9 Å². The van der Waals surface area contributed by atoms with Gasteiger partial charge in [-0.05, 0) is 47.1 Å². The molecule has 3 amide bonds. The van der Waals surface area contributed by atoms with Crippen LogP contribution in [-0.4, -0.2) is 27.1 Å². The predicted octanol–water partition coefficient (Wildman–Crippen LogP) is 5.14. The van der Waals surface area contributed by atoms with Crippen molar-refractivity contribution in [1.29, 1.82) is 0 Å². The number of fused-ring (bicyclic) bond motifs is 1. The fourth-order valence-electron chi connectivity index (χ4n) is 4.31. The minimum atomic E-state index is -0.289. The van der Waals surface area contributed by atoms with Crippen LogP contribution < -0.4 is 16.1 Å². The zero-order valence-corrected chi connectivity index (χ0v) is 21.1. The zero-order valence-electron chi connectivity index (χ0n) is 21.1. The molecule has 0 saturated heterocycles.